The summed E-state index contributed by atoms with van der Waals surface area (Å²) < 4.78 is 0. The van der Waals surface area contributed by atoms with Crippen LogP contribution < -0.4 is 0 Å². The van der Waals surface area contributed by atoms with Crippen LogP contribution in [0, 0.1) is 11.8 Å². The fourth-order valence-corrected chi connectivity index (χ4v) is 3.60. The number of rotatable bonds is 1. The van der Waals surface area contributed by atoms with E-state index in [9.17, 15) is 15.3 Å². The molecule has 0 aromatic carbocycles. The van der Waals surface area contributed by atoms with Gasteiger partial charge in [-0.05, 0) is 64.9 Å². The van der Waals surface area contributed by atoms with Crippen molar-refractivity contribution in [2.24, 2.45) is 11.8 Å². The molecule has 0 radical (unpaired) electrons. The highest BCUT2D eigenvalue weighted by molar-refractivity contribution is 5.23. The zero-order valence-corrected chi connectivity index (χ0v) is 11.9. The Hall–Kier alpha value is -0.380. The van der Waals surface area contributed by atoms with Gasteiger partial charge >= 0.3 is 0 Å². The smallest absolute Gasteiger partial charge is 0.0800 e. The lowest BCUT2D eigenvalue weighted by Gasteiger charge is -2.34. The second-order valence-corrected chi connectivity index (χ2v) is 7.14. The van der Waals surface area contributed by atoms with E-state index >= 15 is 0 Å². The lowest BCUT2D eigenvalue weighted by atomic mass is 9.77. The van der Waals surface area contributed by atoms with Crippen LogP contribution in [0.3, 0.4) is 0 Å². The maximum Gasteiger partial charge on any atom is 0.0800 e. The van der Waals surface area contributed by atoms with Gasteiger partial charge in [-0.2, -0.15) is 0 Å². The van der Waals surface area contributed by atoms with Crippen LogP contribution in [0.25, 0.3) is 0 Å². The lowest BCUT2D eigenvalue weighted by molar-refractivity contribution is -0.0420. The van der Waals surface area contributed by atoms with E-state index in [-0.39, 0.29) is 11.8 Å². The molecule has 0 aromatic rings. The number of hydrogen-bond acceptors (Lipinski definition) is 3. The summed E-state index contributed by atoms with van der Waals surface area (Å²) in [5.74, 6) is 0.0313. The number of aliphatic hydroxyl groups is 3. The van der Waals surface area contributed by atoms with Gasteiger partial charge in [-0.1, -0.05) is 6.08 Å². The van der Waals surface area contributed by atoms with Crippen molar-refractivity contribution in [3.63, 3.8) is 0 Å². The van der Waals surface area contributed by atoms with Crippen molar-refractivity contribution in [2.75, 3.05) is 0 Å². The van der Waals surface area contributed by atoms with E-state index in [0.717, 1.165) is 12.0 Å². The predicted octanol–water partition coefficient (Wildman–Crippen LogP) is 2.01. The molecule has 3 heteroatoms. The van der Waals surface area contributed by atoms with Crippen LogP contribution in [0.15, 0.2) is 11.6 Å². The zero-order chi connectivity index (χ0) is 13.8. The Labute approximate surface area is 110 Å². The average molecular weight is 254 g/mol. The van der Waals surface area contributed by atoms with Crippen LogP contribution in [0.2, 0.25) is 0 Å². The summed E-state index contributed by atoms with van der Waals surface area (Å²) in [4.78, 5) is 0. The molecule has 0 bridgehead atoms. The first kappa shape index (κ1) is 14.0. The van der Waals surface area contributed by atoms with E-state index in [2.05, 4.69) is 0 Å². The molecular weight excluding hydrogens is 228 g/mol. The van der Waals surface area contributed by atoms with Gasteiger partial charge in [0.25, 0.3) is 0 Å². The van der Waals surface area contributed by atoms with Gasteiger partial charge in [0.15, 0.2) is 0 Å². The summed E-state index contributed by atoms with van der Waals surface area (Å²) in [6.45, 7) is 7.26. The van der Waals surface area contributed by atoms with Gasteiger partial charge in [0, 0.05) is 5.92 Å². The third-order valence-electron chi connectivity index (χ3n) is 4.98. The summed E-state index contributed by atoms with van der Waals surface area (Å²) in [5.41, 5.74) is -1.45. The molecule has 1 fully saturated rings. The second-order valence-electron chi connectivity index (χ2n) is 7.14. The van der Waals surface area contributed by atoms with Gasteiger partial charge in [0.1, 0.15) is 0 Å². The molecule has 3 nitrogen and oxygen atoms in total. The Kier molecular flexibility index (Phi) is 3.16. The van der Waals surface area contributed by atoms with Crippen LogP contribution >= 0.6 is 0 Å². The van der Waals surface area contributed by atoms with Crippen LogP contribution in [0.5, 0.6) is 0 Å². The minimum atomic E-state index is -0.871. The maximum absolute atomic E-state index is 10.6. The van der Waals surface area contributed by atoms with Gasteiger partial charge in [-0.3, -0.25) is 0 Å². The predicted molar refractivity (Wildman–Crippen MR) is 71.1 cm³/mol. The largest absolute Gasteiger partial charge is 0.390 e. The summed E-state index contributed by atoms with van der Waals surface area (Å²) in [6, 6.07) is 0. The van der Waals surface area contributed by atoms with Crippen LogP contribution in [0.1, 0.15) is 53.4 Å². The third-order valence-corrected chi connectivity index (χ3v) is 4.98. The highest BCUT2D eigenvalue weighted by atomic mass is 16.3. The molecule has 0 amide bonds. The van der Waals surface area contributed by atoms with Crippen LogP contribution in [-0.2, 0) is 0 Å². The fourth-order valence-electron chi connectivity index (χ4n) is 3.60. The SMILES string of the molecule is CC(C)(O)C1=C[C@@H]2[C@H](CC[C@@]2(C)O)[C@@](C)(O)CC1. The lowest BCUT2D eigenvalue weighted by Crippen LogP contribution is -2.40. The molecule has 0 aliphatic heterocycles. The van der Waals surface area contributed by atoms with E-state index in [0.29, 0.717) is 19.3 Å². The summed E-state index contributed by atoms with van der Waals surface area (Å²) in [6.07, 6.45) is 4.94. The maximum atomic E-state index is 10.6. The molecule has 0 unspecified atom stereocenters. The summed E-state index contributed by atoms with van der Waals surface area (Å²) >= 11 is 0. The average Bonchev–Trinajstić information content (AvgIpc) is 2.37. The molecule has 2 aliphatic carbocycles. The normalized spacial score (nSPS) is 45.4. The van der Waals surface area contributed by atoms with Crippen LogP contribution in [0.4, 0.5) is 0 Å². The molecule has 1 saturated carbocycles. The monoisotopic (exact) mass is 254 g/mol. The van der Waals surface area contributed by atoms with Crippen molar-refractivity contribution in [1.29, 1.82) is 0 Å². The number of hydrogen-bond donors (Lipinski definition) is 3. The molecule has 18 heavy (non-hydrogen) atoms. The van der Waals surface area contributed by atoms with E-state index in [1.165, 1.54) is 0 Å². The van der Waals surface area contributed by atoms with Gasteiger partial charge in [-0.15, -0.1) is 0 Å². The van der Waals surface area contributed by atoms with Crippen molar-refractivity contribution in [3.05, 3.63) is 11.6 Å². The Balaban J connectivity index is 2.41. The second kappa shape index (κ2) is 4.06. The first-order chi connectivity index (χ1) is 8.04. The van der Waals surface area contributed by atoms with Crippen LogP contribution in [-0.4, -0.2) is 32.1 Å². The van der Waals surface area contributed by atoms with Gasteiger partial charge in [-0.25, -0.2) is 0 Å². The first-order valence-electron chi connectivity index (χ1n) is 6.92. The molecule has 2 aliphatic rings. The van der Waals surface area contributed by atoms with Crippen molar-refractivity contribution in [1.82, 2.24) is 0 Å². The molecule has 0 spiro atoms. The van der Waals surface area contributed by atoms with Crippen molar-refractivity contribution in [2.45, 2.75) is 70.2 Å². The molecule has 4 atom stereocenters. The van der Waals surface area contributed by atoms with Crippen molar-refractivity contribution in [3.8, 4) is 0 Å². The minimum absolute atomic E-state index is 0.0589. The van der Waals surface area contributed by atoms with E-state index in [1.54, 1.807) is 13.8 Å². The van der Waals surface area contributed by atoms with Gasteiger partial charge < -0.3 is 15.3 Å². The Morgan fingerprint density at radius 1 is 1.17 bits per heavy atom. The Morgan fingerprint density at radius 3 is 2.33 bits per heavy atom. The van der Waals surface area contributed by atoms with E-state index < -0.39 is 16.8 Å². The third kappa shape index (κ3) is 2.36. The quantitative estimate of drug-likeness (QED) is 0.627. The Morgan fingerprint density at radius 2 is 1.78 bits per heavy atom. The molecule has 3 N–H and O–H groups in total. The summed E-state index contributed by atoms with van der Waals surface area (Å²) in [5, 5.41) is 31.3. The fraction of sp³-hybridized carbons (Fsp3) is 0.867. The highest BCUT2D eigenvalue weighted by Gasteiger charge is 2.51. The minimum Gasteiger partial charge on any atom is -0.390 e. The molecule has 0 saturated heterocycles. The molecule has 2 rings (SSSR count). The van der Waals surface area contributed by atoms with E-state index in [4.69, 9.17) is 0 Å². The van der Waals surface area contributed by atoms with Gasteiger partial charge in [0.2, 0.25) is 0 Å². The first-order valence-corrected chi connectivity index (χ1v) is 6.92. The Bertz CT molecular complexity index is 360. The molecule has 104 valence electrons. The van der Waals surface area contributed by atoms with E-state index in [1.807, 2.05) is 19.9 Å². The van der Waals surface area contributed by atoms with Crippen molar-refractivity contribution >= 4 is 0 Å². The molecular formula is C15H26O3. The molecule has 0 aromatic heterocycles. The topological polar surface area (TPSA) is 60.7 Å². The number of fused-ring (bicyclic) bond motifs is 1. The highest BCUT2D eigenvalue weighted by Crippen LogP contribution is 2.50. The van der Waals surface area contributed by atoms with Gasteiger partial charge in [0.05, 0.1) is 16.8 Å². The summed E-state index contributed by atoms with van der Waals surface area (Å²) in [7, 11) is 0. The van der Waals surface area contributed by atoms with Crippen molar-refractivity contribution < 1.29 is 15.3 Å². The zero-order valence-electron chi connectivity index (χ0n) is 11.9. The molecule has 0 heterocycles. The standard InChI is InChI=1S/C15H26O3/c1-13(2,16)10-5-7-14(3,17)11-6-8-15(4,18)12(11)9-10/h9,11-12,16-18H,5-8H2,1-4H3/t11-,12+,14-,15+/m0/s1.